The molecule has 2 aromatic carbocycles. The van der Waals surface area contributed by atoms with Gasteiger partial charge in [-0.25, -0.2) is 0 Å². The fraction of sp³-hybridized carbons (Fsp3) is 0.118. The van der Waals surface area contributed by atoms with E-state index in [4.69, 9.17) is 15.9 Å². The Morgan fingerprint density at radius 3 is 2.25 bits per heavy atom. The zero-order valence-electron chi connectivity index (χ0n) is 12.6. The number of alkyl halides is 3. The molecule has 1 aromatic heterocycles. The van der Waals surface area contributed by atoms with Crippen molar-refractivity contribution in [2.45, 2.75) is 13.1 Å². The standard InChI is InChI=1S/C17H13F3N2O2/c1-8-14(23)12-6-11(21)7-13(22)16(12)24-15(8)9-2-4-10(5-3-9)17(18,19)20/h2-7H,21-22H2,1H3. The van der Waals surface area contributed by atoms with Crippen molar-refractivity contribution in [2.75, 3.05) is 11.5 Å². The fourth-order valence-electron chi connectivity index (χ4n) is 2.53. The molecule has 124 valence electrons. The van der Waals surface area contributed by atoms with Crippen molar-refractivity contribution in [3.05, 3.63) is 57.7 Å². The van der Waals surface area contributed by atoms with Crippen LogP contribution in [-0.2, 0) is 6.18 Å². The van der Waals surface area contributed by atoms with Gasteiger partial charge in [-0.05, 0) is 31.2 Å². The molecule has 0 saturated heterocycles. The average Bonchev–Trinajstić information content (AvgIpc) is 2.50. The van der Waals surface area contributed by atoms with Gasteiger partial charge in [0.25, 0.3) is 0 Å². The molecule has 1 heterocycles. The summed E-state index contributed by atoms with van der Waals surface area (Å²) in [6, 6.07) is 7.30. The molecule has 7 heteroatoms. The van der Waals surface area contributed by atoms with Gasteiger partial charge in [0.2, 0.25) is 0 Å². The van der Waals surface area contributed by atoms with Gasteiger partial charge in [0.05, 0.1) is 16.6 Å². The molecule has 0 fully saturated rings. The molecule has 0 aliphatic heterocycles. The Kier molecular flexibility index (Phi) is 3.51. The lowest BCUT2D eigenvalue weighted by molar-refractivity contribution is -0.137. The first-order chi connectivity index (χ1) is 11.2. The Morgan fingerprint density at radius 2 is 1.67 bits per heavy atom. The molecule has 4 nitrogen and oxygen atoms in total. The largest absolute Gasteiger partial charge is 0.453 e. The van der Waals surface area contributed by atoms with Crippen LogP contribution < -0.4 is 16.9 Å². The van der Waals surface area contributed by atoms with E-state index < -0.39 is 11.7 Å². The molecule has 3 aromatic rings. The lowest BCUT2D eigenvalue weighted by Crippen LogP contribution is -2.09. The molecule has 24 heavy (non-hydrogen) atoms. The van der Waals surface area contributed by atoms with Gasteiger partial charge < -0.3 is 15.9 Å². The van der Waals surface area contributed by atoms with E-state index in [1.807, 2.05) is 0 Å². The molecule has 0 spiro atoms. The van der Waals surface area contributed by atoms with E-state index in [1.165, 1.54) is 31.2 Å². The summed E-state index contributed by atoms with van der Waals surface area (Å²) in [5, 5.41) is 0.237. The Morgan fingerprint density at radius 1 is 1.04 bits per heavy atom. The van der Waals surface area contributed by atoms with Crippen LogP contribution in [0.3, 0.4) is 0 Å². The smallest absolute Gasteiger partial charge is 0.416 e. The van der Waals surface area contributed by atoms with Crippen LogP contribution in [0.25, 0.3) is 22.3 Å². The first kappa shape index (κ1) is 15.9. The highest BCUT2D eigenvalue weighted by molar-refractivity contribution is 5.92. The molecule has 0 saturated carbocycles. The SMILES string of the molecule is Cc1c(-c2ccc(C(F)(F)F)cc2)oc2c(N)cc(N)cc2c1=O. The lowest BCUT2D eigenvalue weighted by Gasteiger charge is -2.11. The number of hydrogen-bond donors (Lipinski definition) is 2. The van der Waals surface area contributed by atoms with Crippen LogP contribution >= 0.6 is 0 Å². The van der Waals surface area contributed by atoms with E-state index in [9.17, 15) is 18.0 Å². The Hall–Kier alpha value is -2.96. The van der Waals surface area contributed by atoms with Gasteiger partial charge in [0.15, 0.2) is 11.0 Å². The Balaban J connectivity index is 2.24. The van der Waals surface area contributed by atoms with Crippen LogP contribution in [0.5, 0.6) is 0 Å². The molecular weight excluding hydrogens is 321 g/mol. The number of rotatable bonds is 1. The van der Waals surface area contributed by atoms with E-state index in [0.717, 1.165) is 12.1 Å². The van der Waals surface area contributed by atoms with Crippen molar-refractivity contribution >= 4 is 22.3 Å². The van der Waals surface area contributed by atoms with Crippen LogP contribution in [0.4, 0.5) is 24.5 Å². The molecule has 0 aliphatic carbocycles. The summed E-state index contributed by atoms with van der Waals surface area (Å²) in [5.41, 5.74) is 11.7. The summed E-state index contributed by atoms with van der Waals surface area (Å²) in [6.07, 6.45) is -4.43. The zero-order valence-corrected chi connectivity index (χ0v) is 12.6. The van der Waals surface area contributed by atoms with Gasteiger partial charge in [0.1, 0.15) is 5.76 Å². The highest BCUT2D eigenvalue weighted by Crippen LogP contribution is 2.33. The van der Waals surface area contributed by atoms with Crippen LogP contribution in [0.15, 0.2) is 45.6 Å². The number of hydrogen-bond acceptors (Lipinski definition) is 4. The third-order valence-electron chi connectivity index (χ3n) is 3.74. The number of nitrogens with two attached hydrogens (primary N) is 2. The summed E-state index contributed by atoms with van der Waals surface area (Å²) in [4.78, 5) is 12.5. The van der Waals surface area contributed by atoms with Gasteiger partial charge in [-0.15, -0.1) is 0 Å². The minimum absolute atomic E-state index is 0.162. The summed E-state index contributed by atoms with van der Waals surface area (Å²) >= 11 is 0. The first-order valence-electron chi connectivity index (χ1n) is 6.98. The summed E-state index contributed by atoms with van der Waals surface area (Å²) in [5.74, 6) is 0.178. The number of nitrogen functional groups attached to an aromatic ring is 2. The number of fused-ring (bicyclic) bond motifs is 1. The van der Waals surface area contributed by atoms with Crippen LogP contribution in [-0.4, -0.2) is 0 Å². The van der Waals surface area contributed by atoms with Crippen molar-refractivity contribution in [1.29, 1.82) is 0 Å². The molecule has 3 rings (SSSR count). The summed E-state index contributed by atoms with van der Waals surface area (Å²) in [6.45, 7) is 1.54. The van der Waals surface area contributed by atoms with E-state index in [-0.39, 0.29) is 33.4 Å². The molecular formula is C17H13F3N2O2. The van der Waals surface area contributed by atoms with Gasteiger partial charge in [-0.2, -0.15) is 13.2 Å². The maximum atomic E-state index is 12.7. The summed E-state index contributed by atoms with van der Waals surface area (Å²) < 4.78 is 43.7. The highest BCUT2D eigenvalue weighted by atomic mass is 19.4. The fourth-order valence-corrected chi connectivity index (χ4v) is 2.53. The average molecular weight is 334 g/mol. The molecule has 4 N–H and O–H groups in total. The molecule has 0 amide bonds. The molecule has 0 unspecified atom stereocenters. The van der Waals surface area contributed by atoms with Crippen molar-refractivity contribution in [3.63, 3.8) is 0 Å². The normalized spacial score (nSPS) is 11.8. The number of benzene rings is 2. The van der Waals surface area contributed by atoms with Gasteiger partial charge >= 0.3 is 6.18 Å². The quantitative estimate of drug-likeness (QED) is 0.660. The Labute approximate surface area is 134 Å². The minimum atomic E-state index is -4.43. The monoisotopic (exact) mass is 334 g/mol. The van der Waals surface area contributed by atoms with Gasteiger partial charge in [-0.3, -0.25) is 4.79 Å². The maximum Gasteiger partial charge on any atom is 0.416 e. The second kappa shape index (κ2) is 5.30. The third kappa shape index (κ3) is 2.58. The number of halogens is 3. The molecule has 0 bridgehead atoms. The van der Waals surface area contributed by atoms with Gasteiger partial charge in [-0.1, -0.05) is 12.1 Å². The second-order valence-corrected chi connectivity index (χ2v) is 5.45. The minimum Gasteiger partial charge on any atom is -0.453 e. The van der Waals surface area contributed by atoms with Gasteiger partial charge in [0, 0.05) is 16.8 Å². The zero-order chi connectivity index (χ0) is 17.6. The highest BCUT2D eigenvalue weighted by Gasteiger charge is 2.30. The molecule has 0 atom stereocenters. The van der Waals surface area contributed by atoms with Crippen LogP contribution in [0.2, 0.25) is 0 Å². The predicted octanol–water partition coefficient (Wildman–Crippen LogP) is 3.95. The van der Waals surface area contributed by atoms with E-state index in [1.54, 1.807) is 0 Å². The predicted molar refractivity (Wildman–Crippen MR) is 86.5 cm³/mol. The lowest BCUT2D eigenvalue weighted by atomic mass is 10.0. The first-order valence-corrected chi connectivity index (χ1v) is 6.98. The summed E-state index contributed by atoms with van der Waals surface area (Å²) in [7, 11) is 0. The molecule has 0 radical (unpaired) electrons. The van der Waals surface area contributed by atoms with E-state index in [0.29, 0.717) is 11.3 Å². The topological polar surface area (TPSA) is 82.2 Å². The second-order valence-electron chi connectivity index (χ2n) is 5.45. The van der Waals surface area contributed by atoms with Crippen molar-refractivity contribution in [1.82, 2.24) is 0 Å². The van der Waals surface area contributed by atoms with E-state index >= 15 is 0 Å². The van der Waals surface area contributed by atoms with E-state index in [2.05, 4.69) is 0 Å². The Bertz CT molecular complexity index is 990. The maximum absolute atomic E-state index is 12.7. The van der Waals surface area contributed by atoms with Crippen molar-refractivity contribution in [3.8, 4) is 11.3 Å². The van der Waals surface area contributed by atoms with Crippen LogP contribution in [0.1, 0.15) is 11.1 Å². The van der Waals surface area contributed by atoms with Crippen molar-refractivity contribution < 1.29 is 17.6 Å². The van der Waals surface area contributed by atoms with Crippen LogP contribution in [0, 0.1) is 6.92 Å². The molecule has 0 aliphatic rings. The third-order valence-corrected chi connectivity index (χ3v) is 3.74. The number of anilines is 2. The van der Waals surface area contributed by atoms with Crippen molar-refractivity contribution in [2.24, 2.45) is 0 Å².